The molecule has 0 saturated carbocycles. The molecule has 2 aromatic carbocycles. The van der Waals surface area contributed by atoms with Crippen LogP contribution in [0.2, 0.25) is 0 Å². The van der Waals surface area contributed by atoms with E-state index in [2.05, 4.69) is 21.3 Å². The molecule has 4 N–H and O–H groups in total. The number of ether oxygens (including phenoxy) is 2. The average Bonchev–Trinajstić information content (AvgIpc) is 2.95. The van der Waals surface area contributed by atoms with Crippen molar-refractivity contribution in [3.63, 3.8) is 0 Å². The minimum Gasteiger partial charge on any atom is -0.460 e. The predicted octanol–water partition coefficient (Wildman–Crippen LogP) is 1.66. The Kier molecular flexibility index (Phi) is 13.5. The standard InChI is InChI=1S/C30H38N4O9S/c1-30(2,3)43-25(36)18-23(33-29(39)42-20-21-12-7-5-8-13-21)27(37)34-26(22-14-9-6-10-15-22)28(38)32-19-24(35)31-16-11-17-44(4,40)41/h5-15,17,23,26H,16,18-20H2,1-4H3,(H,31,35)(H,32,38)(H,33,39)(H,34,37)/b17-11+/t23-,26-/m0/s1. The Balaban J connectivity index is 2.15. The zero-order valence-corrected chi connectivity index (χ0v) is 25.8. The number of rotatable bonds is 14. The molecule has 0 spiro atoms. The summed E-state index contributed by atoms with van der Waals surface area (Å²) in [5.74, 6) is -3.02. The number of sulfone groups is 1. The smallest absolute Gasteiger partial charge is 0.408 e. The van der Waals surface area contributed by atoms with Gasteiger partial charge in [-0.1, -0.05) is 66.7 Å². The molecule has 238 valence electrons. The third-order valence-corrected chi connectivity index (χ3v) is 6.16. The topological polar surface area (TPSA) is 186 Å². The van der Waals surface area contributed by atoms with Crippen LogP contribution in [0.3, 0.4) is 0 Å². The average molecular weight is 631 g/mol. The van der Waals surface area contributed by atoms with Gasteiger partial charge in [0.15, 0.2) is 9.84 Å². The lowest BCUT2D eigenvalue weighted by atomic mass is 10.0. The van der Waals surface area contributed by atoms with E-state index >= 15 is 0 Å². The van der Waals surface area contributed by atoms with Crippen molar-refractivity contribution >= 4 is 39.6 Å². The summed E-state index contributed by atoms with van der Waals surface area (Å²) in [6.07, 6.45) is 0.714. The van der Waals surface area contributed by atoms with E-state index in [4.69, 9.17) is 9.47 Å². The lowest BCUT2D eigenvalue weighted by molar-refractivity contribution is -0.156. The number of hydrogen-bond acceptors (Lipinski definition) is 9. The molecule has 0 aliphatic rings. The van der Waals surface area contributed by atoms with Gasteiger partial charge >= 0.3 is 12.1 Å². The summed E-state index contributed by atoms with van der Waals surface area (Å²) in [6, 6.07) is 14.2. The fourth-order valence-corrected chi connectivity index (χ4v) is 4.03. The van der Waals surface area contributed by atoms with Crippen molar-refractivity contribution in [3.8, 4) is 0 Å². The van der Waals surface area contributed by atoms with Crippen LogP contribution in [0.25, 0.3) is 0 Å². The summed E-state index contributed by atoms with van der Waals surface area (Å²) in [6.45, 7) is 4.30. The maximum Gasteiger partial charge on any atom is 0.408 e. The molecule has 0 radical (unpaired) electrons. The molecular formula is C30H38N4O9S. The van der Waals surface area contributed by atoms with Gasteiger partial charge in [-0.2, -0.15) is 0 Å². The summed E-state index contributed by atoms with van der Waals surface area (Å²) >= 11 is 0. The van der Waals surface area contributed by atoms with Crippen LogP contribution in [0.1, 0.15) is 44.4 Å². The second-order valence-corrected chi connectivity index (χ2v) is 12.6. The van der Waals surface area contributed by atoms with Gasteiger partial charge in [-0.25, -0.2) is 13.2 Å². The molecule has 0 aliphatic heterocycles. The van der Waals surface area contributed by atoms with Crippen molar-refractivity contribution in [1.82, 2.24) is 21.3 Å². The number of hydrogen-bond donors (Lipinski definition) is 4. The Hall–Kier alpha value is -4.72. The highest BCUT2D eigenvalue weighted by Gasteiger charge is 2.31. The molecule has 0 heterocycles. The van der Waals surface area contributed by atoms with Crippen molar-refractivity contribution < 1.29 is 41.9 Å². The third kappa shape index (κ3) is 14.4. The van der Waals surface area contributed by atoms with E-state index in [1.54, 1.807) is 81.4 Å². The van der Waals surface area contributed by atoms with E-state index in [9.17, 15) is 32.4 Å². The minimum absolute atomic E-state index is 0.0843. The van der Waals surface area contributed by atoms with E-state index in [0.717, 1.165) is 11.7 Å². The van der Waals surface area contributed by atoms with Gasteiger partial charge in [-0.05, 0) is 31.9 Å². The van der Waals surface area contributed by atoms with Gasteiger partial charge in [0.05, 0.1) is 13.0 Å². The zero-order valence-electron chi connectivity index (χ0n) is 25.0. The van der Waals surface area contributed by atoms with Crippen molar-refractivity contribution in [2.24, 2.45) is 0 Å². The van der Waals surface area contributed by atoms with Gasteiger partial charge < -0.3 is 30.7 Å². The van der Waals surface area contributed by atoms with Crippen LogP contribution >= 0.6 is 0 Å². The van der Waals surface area contributed by atoms with Crippen LogP contribution in [0.15, 0.2) is 72.1 Å². The fraction of sp³-hybridized carbons (Fsp3) is 0.367. The molecule has 0 aromatic heterocycles. The molecule has 4 amide bonds. The van der Waals surface area contributed by atoms with Gasteiger partial charge in [0.25, 0.3) is 0 Å². The summed E-state index contributed by atoms with van der Waals surface area (Å²) in [4.78, 5) is 64.0. The molecule has 44 heavy (non-hydrogen) atoms. The van der Waals surface area contributed by atoms with Crippen LogP contribution < -0.4 is 21.3 Å². The Morgan fingerprint density at radius 1 is 0.864 bits per heavy atom. The quantitative estimate of drug-likeness (QED) is 0.225. The summed E-state index contributed by atoms with van der Waals surface area (Å²) in [5.41, 5.74) is 0.198. The largest absolute Gasteiger partial charge is 0.460 e. The molecule has 14 heteroatoms. The van der Waals surface area contributed by atoms with Crippen molar-refractivity contribution in [1.29, 1.82) is 0 Å². The van der Waals surface area contributed by atoms with Gasteiger partial charge in [-0.15, -0.1) is 0 Å². The Morgan fingerprint density at radius 2 is 1.48 bits per heavy atom. The molecule has 2 atom stereocenters. The fourth-order valence-electron chi connectivity index (χ4n) is 3.58. The predicted molar refractivity (Wildman–Crippen MR) is 161 cm³/mol. The first-order valence-electron chi connectivity index (χ1n) is 13.6. The lowest BCUT2D eigenvalue weighted by Crippen LogP contribution is -2.52. The van der Waals surface area contributed by atoms with Crippen molar-refractivity contribution in [2.45, 2.75) is 51.5 Å². The second kappa shape index (κ2) is 16.8. The third-order valence-electron chi connectivity index (χ3n) is 5.48. The maximum atomic E-state index is 13.4. The van der Waals surface area contributed by atoms with E-state index in [1.807, 2.05) is 0 Å². The van der Waals surface area contributed by atoms with Gasteiger partial charge in [0.1, 0.15) is 24.3 Å². The molecule has 0 saturated heterocycles. The van der Waals surface area contributed by atoms with E-state index < -0.39 is 70.3 Å². The monoisotopic (exact) mass is 630 g/mol. The van der Waals surface area contributed by atoms with E-state index in [1.165, 1.54) is 6.08 Å². The molecule has 2 aromatic rings. The Labute approximate surface area is 256 Å². The van der Waals surface area contributed by atoms with Crippen molar-refractivity contribution in [2.75, 3.05) is 19.3 Å². The van der Waals surface area contributed by atoms with Crippen LogP contribution in [0.4, 0.5) is 4.79 Å². The first-order valence-corrected chi connectivity index (χ1v) is 15.5. The molecule has 0 bridgehead atoms. The number of alkyl carbamates (subject to hydrolysis) is 1. The van der Waals surface area contributed by atoms with E-state index in [-0.39, 0.29) is 13.2 Å². The van der Waals surface area contributed by atoms with Crippen LogP contribution in [0, 0.1) is 0 Å². The second-order valence-electron chi connectivity index (χ2n) is 10.6. The molecule has 13 nitrogen and oxygen atoms in total. The highest BCUT2D eigenvalue weighted by molar-refractivity contribution is 7.93. The first kappa shape index (κ1) is 35.5. The van der Waals surface area contributed by atoms with Gasteiger partial charge in [0.2, 0.25) is 17.7 Å². The SMILES string of the molecule is CC(C)(C)OC(=O)C[C@H](NC(=O)OCc1ccccc1)C(=O)N[C@H](C(=O)NCC(=O)NC/C=C/S(C)(=O)=O)c1ccccc1. The first-order chi connectivity index (χ1) is 20.6. The van der Waals surface area contributed by atoms with E-state index in [0.29, 0.717) is 11.1 Å². The molecule has 0 unspecified atom stereocenters. The lowest BCUT2D eigenvalue weighted by Gasteiger charge is -2.24. The molecule has 2 rings (SSSR count). The Morgan fingerprint density at radius 3 is 2.07 bits per heavy atom. The Bertz CT molecular complexity index is 1420. The summed E-state index contributed by atoms with van der Waals surface area (Å²) in [5, 5.41) is 10.7. The number of carbonyl (C=O) groups is 5. The van der Waals surface area contributed by atoms with Crippen LogP contribution in [-0.4, -0.2) is 69.2 Å². The maximum absolute atomic E-state index is 13.4. The minimum atomic E-state index is -3.35. The highest BCUT2D eigenvalue weighted by atomic mass is 32.2. The van der Waals surface area contributed by atoms with Gasteiger partial charge in [0, 0.05) is 18.2 Å². The highest BCUT2D eigenvalue weighted by Crippen LogP contribution is 2.15. The molecule has 0 fully saturated rings. The number of amides is 4. The normalized spacial score (nSPS) is 12.8. The van der Waals surface area contributed by atoms with Crippen LogP contribution in [0.5, 0.6) is 0 Å². The number of carbonyl (C=O) groups excluding carboxylic acids is 5. The number of nitrogens with one attached hydrogen (secondary N) is 4. The zero-order chi connectivity index (χ0) is 32.8. The molecule has 0 aliphatic carbocycles. The van der Waals surface area contributed by atoms with Gasteiger partial charge in [-0.3, -0.25) is 19.2 Å². The van der Waals surface area contributed by atoms with Crippen molar-refractivity contribution in [3.05, 3.63) is 83.3 Å². The molecular weight excluding hydrogens is 592 g/mol. The van der Waals surface area contributed by atoms with Crippen LogP contribution in [-0.2, 0) is 45.1 Å². The summed E-state index contributed by atoms with van der Waals surface area (Å²) < 4.78 is 32.8. The number of esters is 1. The summed E-state index contributed by atoms with van der Waals surface area (Å²) in [7, 11) is -3.35. The number of benzene rings is 2.